The normalized spacial score (nSPS) is 14.8. The molecule has 7 heteroatoms. The zero-order valence-electron chi connectivity index (χ0n) is 17.2. The Bertz CT molecular complexity index is 891. The summed E-state index contributed by atoms with van der Waals surface area (Å²) in [7, 11) is 0. The third-order valence-corrected chi connectivity index (χ3v) is 4.99. The number of nitrogens with zero attached hydrogens (tertiary/aromatic N) is 3. The molecule has 3 rings (SSSR count). The molecular weight excluding hydrogens is 382 g/mol. The topological polar surface area (TPSA) is 75.9 Å². The van der Waals surface area contributed by atoms with Crippen LogP contribution in [0.4, 0.5) is 5.69 Å². The van der Waals surface area contributed by atoms with E-state index in [-0.39, 0.29) is 17.3 Å². The van der Waals surface area contributed by atoms with Gasteiger partial charge in [-0.2, -0.15) is 0 Å². The fourth-order valence-corrected chi connectivity index (χ4v) is 3.36. The zero-order valence-corrected chi connectivity index (χ0v) is 17.2. The van der Waals surface area contributed by atoms with E-state index in [0.29, 0.717) is 25.3 Å². The Morgan fingerprint density at radius 3 is 2.53 bits per heavy atom. The van der Waals surface area contributed by atoms with Crippen molar-refractivity contribution >= 4 is 17.7 Å². The summed E-state index contributed by atoms with van der Waals surface area (Å²) in [5.74, 6) is 0.170. The summed E-state index contributed by atoms with van der Waals surface area (Å²) in [6.45, 7) is 6.22. The second kappa shape index (κ2) is 10.5. The van der Waals surface area contributed by atoms with E-state index in [2.05, 4.69) is 17.0 Å². The van der Waals surface area contributed by atoms with Crippen molar-refractivity contribution in [2.75, 3.05) is 32.8 Å². The third kappa shape index (κ3) is 5.90. The average Bonchev–Trinajstić information content (AvgIpc) is 2.77. The highest BCUT2D eigenvalue weighted by Gasteiger charge is 2.20. The van der Waals surface area contributed by atoms with Crippen LogP contribution in [0.3, 0.4) is 0 Å². The number of hydrogen-bond donors (Lipinski definition) is 0. The largest absolute Gasteiger partial charge is 0.487 e. The van der Waals surface area contributed by atoms with Gasteiger partial charge in [-0.3, -0.25) is 19.8 Å². The van der Waals surface area contributed by atoms with Crippen molar-refractivity contribution in [1.82, 2.24) is 9.80 Å². The van der Waals surface area contributed by atoms with E-state index in [0.717, 1.165) is 26.1 Å². The molecule has 0 bridgehead atoms. The van der Waals surface area contributed by atoms with Crippen LogP contribution in [0.15, 0.2) is 54.6 Å². The predicted octanol–water partition coefficient (Wildman–Crippen LogP) is 3.74. The van der Waals surface area contributed by atoms with Gasteiger partial charge in [0.1, 0.15) is 0 Å². The fourth-order valence-electron chi connectivity index (χ4n) is 3.36. The number of piperazine rings is 1. The number of ether oxygens (including phenoxy) is 1. The molecule has 2 aromatic carbocycles. The molecule has 1 aliphatic heterocycles. The second-order valence-electron chi connectivity index (χ2n) is 7.25. The molecule has 1 saturated heterocycles. The second-order valence-corrected chi connectivity index (χ2v) is 7.25. The predicted molar refractivity (Wildman–Crippen MR) is 116 cm³/mol. The van der Waals surface area contributed by atoms with E-state index < -0.39 is 4.92 Å². The van der Waals surface area contributed by atoms with Crippen molar-refractivity contribution in [3.05, 3.63) is 75.8 Å². The summed E-state index contributed by atoms with van der Waals surface area (Å²) in [4.78, 5) is 27.5. The molecule has 1 heterocycles. The van der Waals surface area contributed by atoms with Gasteiger partial charge in [0.2, 0.25) is 5.91 Å². The molecule has 7 nitrogen and oxygen atoms in total. The Labute approximate surface area is 176 Å². The van der Waals surface area contributed by atoms with Crippen LogP contribution >= 0.6 is 0 Å². The summed E-state index contributed by atoms with van der Waals surface area (Å²) >= 11 is 0. The minimum Gasteiger partial charge on any atom is -0.487 e. The Kier molecular flexibility index (Phi) is 7.57. The van der Waals surface area contributed by atoms with Crippen LogP contribution in [0.5, 0.6) is 5.75 Å². The van der Waals surface area contributed by atoms with Gasteiger partial charge < -0.3 is 9.64 Å². The zero-order chi connectivity index (χ0) is 21.3. The van der Waals surface area contributed by atoms with Gasteiger partial charge in [0.25, 0.3) is 0 Å². The smallest absolute Gasteiger partial charge is 0.311 e. The highest BCUT2D eigenvalue weighted by molar-refractivity contribution is 5.92. The minimum atomic E-state index is -0.462. The van der Waals surface area contributed by atoms with E-state index in [1.54, 1.807) is 18.2 Å². The molecule has 1 aliphatic rings. The van der Waals surface area contributed by atoms with Crippen molar-refractivity contribution in [3.8, 4) is 5.75 Å². The number of hydrogen-bond acceptors (Lipinski definition) is 5. The summed E-state index contributed by atoms with van der Waals surface area (Å²) in [6, 6.07) is 15.0. The molecule has 0 aromatic heterocycles. The Morgan fingerprint density at radius 1 is 1.13 bits per heavy atom. The molecule has 0 saturated carbocycles. The first kappa shape index (κ1) is 21.5. The van der Waals surface area contributed by atoms with Gasteiger partial charge in [0.15, 0.2) is 5.75 Å². The molecule has 2 aromatic rings. The van der Waals surface area contributed by atoms with E-state index in [1.807, 2.05) is 30.0 Å². The minimum absolute atomic E-state index is 0.0803. The third-order valence-electron chi connectivity index (χ3n) is 4.99. The van der Waals surface area contributed by atoms with Crippen molar-refractivity contribution in [1.29, 1.82) is 0 Å². The Hall–Kier alpha value is -3.19. The molecule has 0 spiro atoms. The van der Waals surface area contributed by atoms with Gasteiger partial charge in [0, 0.05) is 44.9 Å². The van der Waals surface area contributed by atoms with E-state index >= 15 is 0 Å². The molecular formula is C23H27N3O4. The Morgan fingerprint density at radius 2 is 1.87 bits per heavy atom. The van der Waals surface area contributed by atoms with Gasteiger partial charge >= 0.3 is 5.69 Å². The molecule has 0 unspecified atom stereocenters. The fraction of sp³-hybridized carbons (Fsp3) is 0.348. The van der Waals surface area contributed by atoms with E-state index in [4.69, 9.17) is 4.74 Å². The molecule has 30 heavy (non-hydrogen) atoms. The number of carbonyl (C=O) groups is 1. The number of carbonyl (C=O) groups excluding carboxylic acids is 1. The molecule has 0 aliphatic carbocycles. The maximum Gasteiger partial charge on any atom is 0.311 e. The van der Waals surface area contributed by atoms with Crippen LogP contribution in [0.1, 0.15) is 24.5 Å². The van der Waals surface area contributed by atoms with Crippen molar-refractivity contribution < 1.29 is 14.5 Å². The Balaban J connectivity index is 1.55. The summed E-state index contributed by atoms with van der Waals surface area (Å²) in [6.07, 6.45) is 3.87. The van der Waals surface area contributed by atoms with Gasteiger partial charge in [-0.05, 0) is 29.7 Å². The molecule has 1 amide bonds. The summed E-state index contributed by atoms with van der Waals surface area (Å²) < 4.78 is 5.43. The number of benzene rings is 2. The van der Waals surface area contributed by atoms with Crippen LogP contribution in [-0.4, -0.2) is 53.4 Å². The van der Waals surface area contributed by atoms with Crippen molar-refractivity contribution in [3.63, 3.8) is 0 Å². The maximum atomic E-state index is 12.5. The molecule has 0 atom stereocenters. The van der Waals surface area contributed by atoms with Crippen molar-refractivity contribution in [2.45, 2.75) is 19.9 Å². The van der Waals surface area contributed by atoms with Gasteiger partial charge in [-0.25, -0.2) is 0 Å². The maximum absolute atomic E-state index is 12.5. The van der Waals surface area contributed by atoms with Crippen LogP contribution in [0.2, 0.25) is 0 Å². The van der Waals surface area contributed by atoms with Crippen LogP contribution in [0, 0.1) is 10.1 Å². The van der Waals surface area contributed by atoms with Crippen molar-refractivity contribution in [2.24, 2.45) is 0 Å². The summed E-state index contributed by atoms with van der Waals surface area (Å²) in [5, 5.41) is 11.3. The van der Waals surface area contributed by atoms with E-state index in [9.17, 15) is 14.9 Å². The lowest BCUT2D eigenvalue weighted by Gasteiger charge is -2.34. The van der Waals surface area contributed by atoms with Gasteiger partial charge in [-0.1, -0.05) is 43.3 Å². The first-order chi connectivity index (χ1) is 14.6. The molecule has 158 valence electrons. The number of nitro groups is 1. The molecule has 0 N–H and O–H groups in total. The standard InChI is InChI=1S/C23H27N3O4/c1-2-16-30-22-10-8-19(17-21(22)26(28)29)9-11-23(27)25-14-12-24(13-15-25)18-20-6-4-3-5-7-20/h3-11,17H,2,12-16,18H2,1H3/b11-9+. The summed E-state index contributed by atoms with van der Waals surface area (Å²) in [5.41, 5.74) is 1.78. The average molecular weight is 409 g/mol. The van der Waals surface area contributed by atoms with E-state index in [1.165, 1.54) is 17.7 Å². The van der Waals surface area contributed by atoms with Gasteiger partial charge in [-0.15, -0.1) is 0 Å². The highest BCUT2D eigenvalue weighted by Crippen LogP contribution is 2.28. The first-order valence-corrected chi connectivity index (χ1v) is 10.2. The number of nitro benzene ring substituents is 1. The van der Waals surface area contributed by atoms with Crippen LogP contribution < -0.4 is 4.74 Å². The quantitative estimate of drug-likeness (QED) is 0.377. The monoisotopic (exact) mass is 409 g/mol. The molecule has 0 radical (unpaired) electrons. The SMILES string of the molecule is CCCOc1ccc(/C=C/C(=O)N2CCN(Cc3ccccc3)CC2)cc1[N+](=O)[O-]. The van der Waals surface area contributed by atoms with Gasteiger partial charge in [0.05, 0.1) is 11.5 Å². The molecule has 1 fully saturated rings. The van der Waals surface area contributed by atoms with Crippen LogP contribution in [-0.2, 0) is 11.3 Å². The lowest BCUT2D eigenvalue weighted by molar-refractivity contribution is -0.385. The lowest BCUT2D eigenvalue weighted by Crippen LogP contribution is -2.47. The number of amides is 1. The first-order valence-electron chi connectivity index (χ1n) is 10.2. The van der Waals surface area contributed by atoms with Crippen LogP contribution in [0.25, 0.3) is 6.08 Å². The number of rotatable bonds is 8. The highest BCUT2D eigenvalue weighted by atomic mass is 16.6. The lowest BCUT2D eigenvalue weighted by atomic mass is 10.1.